The van der Waals surface area contributed by atoms with Crippen molar-refractivity contribution in [2.75, 3.05) is 19.7 Å². The number of carbonyl (C=O) groups excluding carboxylic acids is 2. The van der Waals surface area contributed by atoms with Gasteiger partial charge in [0.2, 0.25) is 0 Å². The number of nitrogens with one attached hydrogen (secondary N) is 1. The number of benzene rings is 2. The van der Waals surface area contributed by atoms with Crippen molar-refractivity contribution in [3.8, 4) is 11.8 Å². The average Bonchev–Trinajstić information content (AvgIpc) is 3.25. The highest BCUT2D eigenvalue weighted by Crippen LogP contribution is 2.28. The summed E-state index contributed by atoms with van der Waals surface area (Å²) in [6.07, 6.45) is 3.30. The van der Waals surface area contributed by atoms with E-state index in [2.05, 4.69) is 28.4 Å². The maximum Gasteiger partial charge on any atom is 0.358 e. The predicted molar refractivity (Wildman–Crippen MR) is 139 cm³/mol. The van der Waals surface area contributed by atoms with E-state index in [1.807, 2.05) is 18.2 Å². The molecule has 0 unspecified atom stereocenters. The van der Waals surface area contributed by atoms with Crippen molar-refractivity contribution in [2.45, 2.75) is 39.0 Å². The molecule has 0 aliphatic carbocycles. The lowest BCUT2D eigenvalue weighted by Gasteiger charge is -2.32. The molecule has 0 spiro atoms. The summed E-state index contributed by atoms with van der Waals surface area (Å²) in [7, 11) is 1.69. The minimum Gasteiger partial charge on any atom is -0.486 e. The number of hydrogen-bond acceptors (Lipinski definition) is 6. The van der Waals surface area contributed by atoms with Crippen LogP contribution in [0.4, 0.5) is 0 Å². The lowest BCUT2D eigenvalue weighted by Crippen LogP contribution is -2.44. The normalized spacial score (nSPS) is 14.1. The van der Waals surface area contributed by atoms with Crippen LogP contribution in [0.5, 0.6) is 5.75 Å². The van der Waals surface area contributed by atoms with Gasteiger partial charge in [-0.05, 0) is 43.0 Å². The molecule has 192 valence electrons. The van der Waals surface area contributed by atoms with Gasteiger partial charge in [-0.3, -0.25) is 9.69 Å². The highest BCUT2D eigenvalue weighted by Gasteiger charge is 2.29. The molecule has 0 bridgehead atoms. The number of nitriles is 1. The smallest absolute Gasteiger partial charge is 0.358 e. The molecular weight excluding hydrogens is 468 g/mol. The van der Waals surface area contributed by atoms with Crippen LogP contribution in [0.1, 0.15) is 57.3 Å². The molecule has 1 aromatic heterocycles. The Bertz CT molecular complexity index is 1250. The molecule has 37 heavy (non-hydrogen) atoms. The summed E-state index contributed by atoms with van der Waals surface area (Å²) in [6.45, 7) is 4.77. The average molecular weight is 501 g/mol. The zero-order valence-corrected chi connectivity index (χ0v) is 21.3. The van der Waals surface area contributed by atoms with Crippen molar-refractivity contribution in [2.24, 2.45) is 7.05 Å². The maximum atomic E-state index is 13.3. The van der Waals surface area contributed by atoms with Crippen molar-refractivity contribution < 1.29 is 19.1 Å². The number of rotatable bonds is 9. The lowest BCUT2D eigenvalue weighted by molar-refractivity contribution is 0.0510. The summed E-state index contributed by atoms with van der Waals surface area (Å²) in [5.74, 6) is -0.625. The van der Waals surface area contributed by atoms with Crippen molar-refractivity contribution in [1.29, 1.82) is 5.26 Å². The summed E-state index contributed by atoms with van der Waals surface area (Å²) < 4.78 is 12.8. The second-order valence-electron chi connectivity index (χ2n) is 9.16. The van der Waals surface area contributed by atoms with E-state index in [9.17, 15) is 9.59 Å². The summed E-state index contributed by atoms with van der Waals surface area (Å²) in [6, 6.07) is 19.5. The molecule has 1 N–H and O–H groups in total. The Hall–Kier alpha value is -4.09. The Balaban J connectivity index is 1.44. The number of hydrogen-bond donors (Lipinski definition) is 1. The van der Waals surface area contributed by atoms with E-state index in [0.717, 1.165) is 38.0 Å². The number of nitrogens with zero attached hydrogens (tertiary/aromatic N) is 3. The van der Waals surface area contributed by atoms with Gasteiger partial charge in [0.15, 0.2) is 11.4 Å². The van der Waals surface area contributed by atoms with Crippen molar-refractivity contribution >= 4 is 11.9 Å². The molecule has 2 aromatic carbocycles. The molecule has 0 saturated carbocycles. The Labute approximate surface area is 217 Å². The predicted octanol–water partition coefficient (Wildman–Crippen LogP) is 4.05. The van der Waals surface area contributed by atoms with E-state index in [0.29, 0.717) is 11.1 Å². The van der Waals surface area contributed by atoms with Gasteiger partial charge in [-0.25, -0.2) is 4.79 Å². The minimum absolute atomic E-state index is 0.0390. The van der Waals surface area contributed by atoms with Crippen LogP contribution in [0.15, 0.2) is 60.8 Å². The third-order valence-corrected chi connectivity index (χ3v) is 6.49. The van der Waals surface area contributed by atoms with Crippen LogP contribution in [0, 0.1) is 11.3 Å². The number of aromatic nitrogens is 1. The standard InChI is InChI=1S/C29H32N4O4/c1-3-36-29(35)26-27(37-20-23-11-9-21(17-30)10-12-23)25(19-32(26)2)28(34)31-24-13-15-33(16-14-24)18-22-7-5-4-6-8-22/h4-12,19,24H,3,13-16,18,20H2,1-2H3,(H,31,34). The first kappa shape index (κ1) is 26.0. The number of carbonyl (C=O) groups is 2. The minimum atomic E-state index is -0.548. The van der Waals surface area contributed by atoms with Gasteiger partial charge in [0.1, 0.15) is 6.61 Å². The van der Waals surface area contributed by atoms with Crippen LogP contribution >= 0.6 is 0 Å². The lowest BCUT2D eigenvalue weighted by atomic mass is 10.0. The number of likely N-dealkylation sites (tertiary alicyclic amines) is 1. The molecule has 4 rings (SSSR count). The molecule has 1 amide bonds. The number of amides is 1. The fourth-order valence-corrected chi connectivity index (χ4v) is 4.52. The highest BCUT2D eigenvalue weighted by molar-refractivity contribution is 6.02. The SMILES string of the molecule is CCOC(=O)c1c(OCc2ccc(C#N)cc2)c(C(=O)NC2CCN(Cc3ccccc3)CC2)cn1C. The third kappa shape index (κ3) is 6.57. The van der Waals surface area contributed by atoms with Crippen molar-refractivity contribution in [1.82, 2.24) is 14.8 Å². The fraction of sp³-hybridized carbons (Fsp3) is 0.345. The second kappa shape index (κ2) is 12.2. The summed E-state index contributed by atoms with van der Waals surface area (Å²) >= 11 is 0. The number of esters is 1. The summed E-state index contributed by atoms with van der Waals surface area (Å²) in [4.78, 5) is 28.4. The number of ether oxygens (including phenoxy) is 2. The van der Waals surface area contributed by atoms with E-state index in [-0.39, 0.29) is 36.6 Å². The van der Waals surface area contributed by atoms with Gasteiger partial charge in [-0.1, -0.05) is 42.5 Å². The highest BCUT2D eigenvalue weighted by atomic mass is 16.5. The molecular formula is C29H32N4O4. The van der Waals surface area contributed by atoms with Crippen LogP contribution in [-0.4, -0.2) is 47.1 Å². The Morgan fingerprint density at radius 3 is 2.41 bits per heavy atom. The third-order valence-electron chi connectivity index (χ3n) is 6.49. The van der Waals surface area contributed by atoms with Gasteiger partial charge >= 0.3 is 5.97 Å². The van der Waals surface area contributed by atoms with E-state index in [1.54, 1.807) is 49.0 Å². The zero-order chi connectivity index (χ0) is 26.2. The van der Waals surface area contributed by atoms with Crippen LogP contribution < -0.4 is 10.1 Å². The quantitative estimate of drug-likeness (QED) is 0.446. The molecule has 8 heteroatoms. The maximum absolute atomic E-state index is 13.3. The van der Waals surface area contributed by atoms with Gasteiger partial charge in [0.25, 0.3) is 5.91 Å². The van der Waals surface area contributed by atoms with Gasteiger partial charge < -0.3 is 19.4 Å². The Kier molecular flexibility index (Phi) is 8.60. The molecule has 8 nitrogen and oxygen atoms in total. The van der Waals surface area contributed by atoms with Crippen LogP contribution in [0.3, 0.4) is 0 Å². The first-order chi connectivity index (χ1) is 18.0. The van der Waals surface area contributed by atoms with Gasteiger partial charge in [-0.2, -0.15) is 5.26 Å². The van der Waals surface area contributed by atoms with E-state index < -0.39 is 5.97 Å². The molecule has 2 heterocycles. The van der Waals surface area contributed by atoms with Crippen molar-refractivity contribution in [3.05, 3.63) is 88.7 Å². The van der Waals surface area contributed by atoms with Gasteiger partial charge in [0.05, 0.1) is 23.8 Å². The van der Waals surface area contributed by atoms with E-state index in [1.165, 1.54) is 5.56 Å². The molecule has 0 atom stereocenters. The van der Waals surface area contributed by atoms with Crippen molar-refractivity contribution in [3.63, 3.8) is 0 Å². The number of aryl methyl sites for hydroxylation is 1. The first-order valence-corrected chi connectivity index (χ1v) is 12.5. The number of piperidine rings is 1. The topological polar surface area (TPSA) is 96.6 Å². The van der Waals surface area contributed by atoms with E-state index in [4.69, 9.17) is 14.7 Å². The second-order valence-corrected chi connectivity index (χ2v) is 9.16. The first-order valence-electron chi connectivity index (χ1n) is 12.5. The summed E-state index contributed by atoms with van der Waals surface area (Å²) in [5, 5.41) is 12.2. The zero-order valence-electron chi connectivity index (χ0n) is 21.3. The summed E-state index contributed by atoms with van der Waals surface area (Å²) in [5.41, 5.74) is 3.13. The van der Waals surface area contributed by atoms with Crippen LogP contribution in [0.25, 0.3) is 0 Å². The largest absolute Gasteiger partial charge is 0.486 e. The Morgan fingerprint density at radius 1 is 1.05 bits per heavy atom. The van der Waals surface area contributed by atoms with Crippen LogP contribution in [0.2, 0.25) is 0 Å². The fourth-order valence-electron chi connectivity index (χ4n) is 4.52. The molecule has 1 fully saturated rings. The van der Waals surface area contributed by atoms with Gasteiger partial charge in [-0.15, -0.1) is 0 Å². The Morgan fingerprint density at radius 2 is 1.76 bits per heavy atom. The molecule has 1 saturated heterocycles. The molecule has 1 aliphatic rings. The molecule has 0 radical (unpaired) electrons. The van der Waals surface area contributed by atoms with Gasteiger partial charge in [0, 0.05) is 38.9 Å². The van der Waals surface area contributed by atoms with E-state index >= 15 is 0 Å². The monoisotopic (exact) mass is 500 g/mol. The molecule has 1 aliphatic heterocycles. The van der Waals surface area contributed by atoms with Crippen LogP contribution in [-0.2, 0) is 24.9 Å². The molecule has 3 aromatic rings.